The molecule has 19 heavy (non-hydrogen) atoms. The van der Waals surface area contributed by atoms with E-state index < -0.39 is 0 Å². The van der Waals surface area contributed by atoms with E-state index in [2.05, 4.69) is 18.7 Å². The highest BCUT2D eigenvalue weighted by Crippen LogP contribution is 2.27. The van der Waals surface area contributed by atoms with Gasteiger partial charge in [-0.1, -0.05) is 25.4 Å². The molecule has 0 spiro atoms. The standard InChI is InChI=1S/C14H22ClN3O/c1-3-11(4-2)18(7-8-19)13-6-5-10(15)9-12(13)14(16)17/h5-6,9,11,19H,3-4,7-8H2,1-2H3,(H3,16,17). The van der Waals surface area contributed by atoms with Crippen molar-refractivity contribution in [1.82, 2.24) is 0 Å². The van der Waals surface area contributed by atoms with E-state index in [-0.39, 0.29) is 12.4 Å². The van der Waals surface area contributed by atoms with Gasteiger partial charge in [0.1, 0.15) is 5.84 Å². The summed E-state index contributed by atoms with van der Waals surface area (Å²) < 4.78 is 0. The van der Waals surface area contributed by atoms with Crippen molar-refractivity contribution in [3.05, 3.63) is 28.8 Å². The van der Waals surface area contributed by atoms with E-state index in [0.717, 1.165) is 18.5 Å². The van der Waals surface area contributed by atoms with Crippen molar-refractivity contribution >= 4 is 23.1 Å². The first-order valence-corrected chi connectivity index (χ1v) is 6.94. The summed E-state index contributed by atoms with van der Waals surface area (Å²) in [5.41, 5.74) is 7.12. The highest BCUT2D eigenvalue weighted by molar-refractivity contribution is 6.31. The molecule has 0 amide bonds. The van der Waals surface area contributed by atoms with Gasteiger partial charge in [-0.2, -0.15) is 0 Å². The topological polar surface area (TPSA) is 73.3 Å². The fraction of sp³-hybridized carbons (Fsp3) is 0.500. The number of aliphatic hydroxyl groups is 1. The third-order valence-corrected chi connectivity index (χ3v) is 3.52. The lowest BCUT2D eigenvalue weighted by Gasteiger charge is -2.33. The number of hydrogen-bond donors (Lipinski definition) is 3. The highest BCUT2D eigenvalue weighted by atomic mass is 35.5. The second-order valence-electron chi connectivity index (χ2n) is 4.46. The average molecular weight is 284 g/mol. The molecule has 0 radical (unpaired) electrons. The van der Waals surface area contributed by atoms with E-state index in [1.807, 2.05) is 6.07 Å². The van der Waals surface area contributed by atoms with Crippen molar-refractivity contribution in [2.45, 2.75) is 32.7 Å². The van der Waals surface area contributed by atoms with E-state index in [0.29, 0.717) is 23.2 Å². The number of rotatable bonds is 7. The van der Waals surface area contributed by atoms with Crippen LogP contribution in [-0.4, -0.2) is 30.1 Å². The van der Waals surface area contributed by atoms with Crippen LogP contribution < -0.4 is 10.6 Å². The lowest BCUT2D eigenvalue weighted by Crippen LogP contribution is -2.38. The third-order valence-electron chi connectivity index (χ3n) is 3.28. The minimum Gasteiger partial charge on any atom is -0.395 e. The SMILES string of the molecule is CCC(CC)N(CCO)c1ccc(Cl)cc1C(=N)N. The number of halogens is 1. The van der Waals surface area contributed by atoms with Crippen molar-refractivity contribution < 1.29 is 5.11 Å². The van der Waals surface area contributed by atoms with E-state index in [9.17, 15) is 5.11 Å². The van der Waals surface area contributed by atoms with E-state index >= 15 is 0 Å². The Bertz CT molecular complexity index is 433. The second-order valence-corrected chi connectivity index (χ2v) is 4.90. The molecule has 0 aliphatic heterocycles. The van der Waals surface area contributed by atoms with E-state index in [1.54, 1.807) is 12.1 Å². The first kappa shape index (κ1) is 15.8. The number of nitrogen functional groups attached to an aromatic ring is 1. The first-order valence-electron chi connectivity index (χ1n) is 6.56. The number of amidine groups is 1. The van der Waals surface area contributed by atoms with Crippen molar-refractivity contribution in [3.63, 3.8) is 0 Å². The summed E-state index contributed by atoms with van der Waals surface area (Å²) in [5, 5.41) is 17.5. The maximum Gasteiger partial charge on any atom is 0.124 e. The summed E-state index contributed by atoms with van der Waals surface area (Å²) in [4.78, 5) is 2.10. The van der Waals surface area contributed by atoms with Crippen LogP contribution in [0.1, 0.15) is 32.3 Å². The Labute approximate surface area is 119 Å². The van der Waals surface area contributed by atoms with Crippen LogP contribution in [0.2, 0.25) is 5.02 Å². The summed E-state index contributed by atoms with van der Waals surface area (Å²) in [5.74, 6) is -0.00797. The molecule has 0 fully saturated rings. The zero-order chi connectivity index (χ0) is 14.4. The molecule has 5 heteroatoms. The predicted octanol–water partition coefficient (Wildman–Crippen LogP) is 2.61. The Morgan fingerprint density at radius 3 is 2.53 bits per heavy atom. The third kappa shape index (κ3) is 3.85. The number of hydrogen-bond acceptors (Lipinski definition) is 3. The molecule has 106 valence electrons. The second kappa shape index (κ2) is 7.36. The molecule has 4 N–H and O–H groups in total. The Morgan fingerprint density at radius 1 is 1.42 bits per heavy atom. The minimum atomic E-state index is -0.00797. The van der Waals surface area contributed by atoms with Gasteiger partial charge in [-0.05, 0) is 31.0 Å². The predicted molar refractivity (Wildman–Crippen MR) is 81.3 cm³/mol. The molecule has 0 heterocycles. The van der Waals surface area contributed by atoms with Crippen LogP contribution in [0.5, 0.6) is 0 Å². The van der Waals surface area contributed by atoms with Crippen molar-refractivity contribution in [2.24, 2.45) is 5.73 Å². The molecule has 1 rings (SSSR count). The van der Waals surface area contributed by atoms with Gasteiger partial charge >= 0.3 is 0 Å². The molecule has 0 saturated heterocycles. The van der Waals surface area contributed by atoms with Gasteiger partial charge in [0.25, 0.3) is 0 Å². The number of nitrogens with one attached hydrogen (secondary N) is 1. The molecule has 0 saturated carbocycles. The zero-order valence-electron chi connectivity index (χ0n) is 11.5. The summed E-state index contributed by atoms with van der Waals surface area (Å²) >= 11 is 5.97. The number of nitrogens with zero attached hydrogens (tertiary/aromatic N) is 1. The average Bonchev–Trinajstić information content (AvgIpc) is 2.39. The van der Waals surface area contributed by atoms with Gasteiger partial charge in [0, 0.05) is 28.9 Å². The van der Waals surface area contributed by atoms with E-state index in [4.69, 9.17) is 22.7 Å². The van der Waals surface area contributed by atoms with Crippen molar-refractivity contribution in [3.8, 4) is 0 Å². The van der Waals surface area contributed by atoms with Crippen LogP contribution in [0.4, 0.5) is 5.69 Å². The Kier molecular flexibility index (Phi) is 6.12. The van der Waals surface area contributed by atoms with Crippen LogP contribution in [-0.2, 0) is 0 Å². The van der Waals surface area contributed by atoms with Crippen LogP contribution in [0.15, 0.2) is 18.2 Å². The van der Waals surface area contributed by atoms with Gasteiger partial charge < -0.3 is 15.7 Å². The molecule has 0 aliphatic rings. The van der Waals surface area contributed by atoms with Crippen LogP contribution in [0.25, 0.3) is 0 Å². The molecule has 1 aromatic rings. The fourth-order valence-electron chi connectivity index (χ4n) is 2.31. The molecule has 0 aromatic heterocycles. The molecule has 0 atom stereocenters. The van der Waals surface area contributed by atoms with Gasteiger partial charge in [-0.25, -0.2) is 0 Å². The summed E-state index contributed by atoms with van der Waals surface area (Å²) in [7, 11) is 0. The number of nitrogens with two attached hydrogens (primary N) is 1. The lowest BCUT2D eigenvalue weighted by atomic mass is 10.1. The van der Waals surface area contributed by atoms with Crippen molar-refractivity contribution in [1.29, 1.82) is 5.41 Å². The Balaban J connectivity index is 3.25. The molecule has 0 bridgehead atoms. The maximum absolute atomic E-state index is 9.27. The normalized spacial score (nSPS) is 10.8. The highest BCUT2D eigenvalue weighted by Gasteiger charge is 2.19. The summed E-state index contributed by atoms with van der Waals surface area (Å²) in [6.07, 6.45) is 1.94. The van der Waals surface area contributed by atoms with Gasteiger partial charge in [-0.3, -0.25) is 5.41 Å². The van der Waals surface area contributed by atoms with Crippen molar-refractivity contribution in [2.75, 3.05) is 18.1 Å². The summed E-state index contributed by atoms with van der Waals surface area (Å²) in [6.45, 7) is 4.81. The Hall–Kier alpha value is -1.26. The van der Waals surface area contributed by atoms with Crippen LogP contribution in [0.3, 0.4) is 0 Å². The molecule has 0 aliphatic carbocycles. The number of aliphatic hydroxyl groups excluding tert-OH is 1. The maximum atomic E-state index is 9.27. The molecular formula is C14H22ClN3O. The molecule has 4 nitrogen and oxygen atoms in total. The van der Waals surface area contributed by atoms with Gasteiger partial charge in [0.2, 0.25) is 0 Å². The van der Waals surface area contributed by atoms with Crippen LogP contribution >= 0.6 is 11.6 Å². The number of benzene rings is 1. The molecular weight excluding hydrogens is 262 g/mol. The molecule has 0 unspecified atom stereocenters. The number of anilines is 1. The minimum absolute atomic E-state index is 0.00797. The van der Waals surface area contributed by atoms with Gasteiger partial charge in [0.15, 0.2) is 0 Å². The monoisotopic (exact) mass is 283 g/mol. The van der Waals surface area contributed by atoms with E-state index in [1.165, 1.54) is 0 Å². The molecule has 1 aromatic carbocycles. The first-order chi connectivity index (χ1) is 9.04. The lowest BCUT2D eigenvalue weighted by molar-refractivity contribution is 0.296. The smallest absolute Gasteiger partial charge is 0.124 e. The quantitative estimate of drug-likeness (QED) is 0.532. The fourth-order valence-corrected chi connectivity index (χ4v) is 2.48. The largest absolute Gasteiger partial charge is 0.395 e. The summed E-state index contributed by atoms with van der Waals surface area (Å²) in [6, 6.07) is 5.67. The van der Waals surface area contributed by atoms with Crippen LogP contribution in [0, 0.1) is 5.41 Å². The zero-order valence-corrected chi connectivity index (χ0v) is 12.2. The Morgan fingerprint density at radius 2 is 2.05 bits per heavy atom. The van der Waals surface area contributed by atoms with Gasteiger partial charge in [-0.15, -0.1) is 0 Å². The van der Waals surface area contributed by atoms with Gasteiger partial charge in [0.05, 0.1) is 6.61 Å².